The molecule has 0 aliphatic rings. The molecule has 0 saturated carbocycles. The maximum atomic E-state index is 14.2. The highest BCUT2D eigenvalue weighted by molar-refractivity contribution is 6.12. The Kier molecular flexibility index (Phi) is 11.9. The van der Waals surface area contributed by atoms with Crippen LogP contribution in [0, 0.1) is 23.3 Å². The van der Waals surface area contributed by atoms with Crippen molar-refractivity contribution in [2.24, 2.45) is 0 Å². The van der Waals surface area contributed by atoms with E-state index in [0.29, 0.717) is 0 Å². The Balaban J connectivity index is 0.841. The summed E-state index contributed by atoms with van der Waals surface area (Å²) in [6.45, 7) is 0. The van der Waals surface area contributed by atoms with Gasteiger partial charge in [0, 0.05) is 67.0 Å². The lowest BCUT2D eigenvalue weighted by Gasteiger charge is -2.27. The molecular formula is C72H46F4N4. The van der Waals surface area contributed by atoms with Crippen LogP contribution in [0.15, 0.2) is 279 Å². The molecule has 0 unspecified atom stereocenters. The smallest absolute Gasteiger partial charge is 0.123 e. The van der Waals surface area contributed by atoms with Gasteiger partial charge in [0.05, 0.1) is 22.1 Å². The summed E-state index contributed by atoms with van der Waals surface area (Å²) < 4.78 is 60.6. The molecule has 80 heavy (non-hydrogen) atoms. The maximum absolute atomic E-state index is 14.2. The summed E-state index contributed by atoms with van der Waals surface area (Å²) in [5.41, 5.74) is 17.4. The maximum Gasteiger partial charge on any atom is 0.123 e. The molecule has 0 saturated heterocycles. The SMILES string of the molecule is Fc1ccc(-c2ccc(N(c3ccc(-c4ccc(N(c5ccc(-c6ccc(F)cc6)cc5)c5ccc6c(c5)c5ccccc5n6-c5ccc(F)cc5)cc4)cc3)c3ccc4c(c3)c3ccccc3n4-c3ccc(F)cc3)cc2)cc1. The Hall–Kier alpha value is -10.4. The Morgan fingerprint density at radius 2 is 0.450 bits per heavy atom. The van der Waals surface area contributed by atoms with E-state index in [-0.39, 0.29) is 23.3 Å². The molecule has 0 bridgehead atoms. The minimum absolute atomic E-state index is 0.278. The van der Waals surface area contributed by atoms with Crippen LogP contribution in [0.5, 0.6) is 0 Å². The summed E-state index contributed by atoms with van der Waals surface area (Å²) in [6.07, 6.45) is 0. The first-order valence-corrected chi connectivity index (χ1v) is 26.4. The molecule has 12 aromatic carbocycles. The summed E-state index contributed by atoms with van der Waals surface area (Å²) in [6, 6.07) is 89.7. The number of para-hydroxylation sites is 2. The molecule has 0 atom stereocenters. The van der Waals surface area contributed by atoms with Crippen LogP contribution < -0.4 is 9.80 Å². The summed E-state index contributed by atoms with van der Waals surface area (Å²) in [4.78, 5) is 4.50. The molecule has 0 spiro atoms. The first-order valence-electron chi connectivity index (χ1n) is 26.4. The Morgan fingerprint density at radius 3 is 0.750 bits per heavy atom. The molecule has 14 rings (SSSR count). The Labute approximate surface area is 459 Å². The predicted molar refractivity (Wildman–Crippen MR) is 321 cm³/mol. The van der Waals surface area contributed by atoms with Gasteiger partial charge >= 0.3 is 0 Å². The molecule has 0 amide bonds. The van der Waals surface area contributed by atoms with Gasteiger partial charge in [-0.3, -0.25) is 0 Å². The average Bonchev–Trinajstić information content (AvgIpc) is 4.14. The Morgan fingerprint density at radius 1 is 0.212 bits per heavy atom. The van der Waals surface area contributed by atoms with Gasteiger partial charge in [0.15, 0.2) is 0 Å². The van der Waals surface area contributed by atoms with E-state index >= 15 is 0 Å². The third-order valence-corrected chi connectivity index (χ3v) is 15.2. The van der Waals surface area contributed by atoms with Crippen LogP contribution in [0.3, 0.4) is 0 Å². The number of aromatic nitrogens is 2. The minimum atomic E-state index is -0.285. The van der Waals surface area contributed by atoms with Crippen molar-refractivity contribution < 1.29 is 17.6 Å². The fraction of sp³-hybridized carbons (Fsp3) is 0. The summed E-state index contributed by atoms with van der Waals surface area (Å²) >= 11 is 0. The monoisotopic (exact) mass is 1040 g/mol. The molecule has 0 aliphatic carbocycles. The number of rotatable bonds is 11. The third-order valence-electron chi connectivity index (χ3n) is 15.2. The van der Waals surface area contributed by atoms with Crippen molar-refractivity contribution in [2.45, 2.75) is 0 Å². The van der Waals surface area contributed by atoms with E-state index in [0.717, 1.165) is 122 Å². The van der Waals surface area contributed by atoms with Gasteiger partial charge in [-0.15, -0.1) is 0 Å². The second kappa shape index (κ2) is 19.8. The highest BCUT2D eigenvalue weighted by Crippen LogP contribution is 2.44. The number of halogens is 4. The van der Waals surface area contributed by atoms with Gasteiger partial charge in [-0.05, 0) is 203 Å². The number of fused-ring (bicyclic) bond motifs is 6. The zero-order chi connectivity index (χ0) is 53.8. The number of hydrogen-bond acceptors (Lipinski definition) is 2. The van der Waals surface area contributed by atoms with Gasteiger partial charge in [0.2, 0.25) is 0 Å². The lowest BCUT2D eigenvalue weighted by atomic mass is 10.0. The van der Waals surface area contributed by atoms with Crippen LogP contribution in [0.4, 0.5) is 51.7 Å². The number of nitrogens with zero attached hydrogens (tertiary/aromatic N) is 4. The first-order chi connectivity index (χ1) is 39.3. The third kappa shape index (κ3) is 8.69. The van der Waals surface area contributed by atoms with E-state index in [1.54, 1.807) is 24.3 Å². The van der Waals surface area contributed by atoms with Crippen LogP contribution >= 0.6 is 0 Å². The van der Waals surface area contributed by atoms with Crippen molar-refractivity contribution in [1.82, 2.24) is 9.13 Å². The van der Waals surface area contributed by atoms with E-state index in [4.69, 9.17) is 0 Å². The number of anilines is 6. The fourth-order valence-electron chi connectivity index (χ4n) is 11.3. The zero-order valence-electron chi connectivity index (χ0n) is 42.9. The number of benzene rings is 12. The van der Waals surface area contributed by atoms with Gasteiger partial charge in [0.1, 0.15) is 23.3 Å². The van der Waals surface area contributed by atoms with E-state index in [1.807, 2.05) is 48.5 Å². The average molecular weight is 1040 g/mol. The Bertz CT molecular complexity index is 4270. The van der Waals surface area contributed by atoms with E-state index in [1.165, 1.54) is 48.5 Å². The number of hydrogen-bond donors (Lipinski definition) is 0. The molecule has 382 valence electrons. The highest BCUT2D eigenvalue weighted by Gasteiger charge is 2.21. The van der Waals surface area contributed by atoms with Crippen molar-refractivity contribution in [1.29, 1.82) is 0 Å². The highest BCUT2D eigenvalue weighted by atomic mass is 19.1. The summed E-state index contributed by atoms with van der Waals surface area (Å²) in [7, 11) is 0. The summed E-state index contributed by atoms with van der Waals surface area (Å²) in [5.74, 6) is -1.13. The van der Waals surface area contributed by atoms with Crippen LogP contribution in [-0.4, -0.2) is 9.13 Å². The van der Waals surface area contributed by atoms with Crippen molar-refractivity contribution >= 4 is 77.7 Å². The topological polar surface area (TPSA) is 16.3 Å². The minimum Gasteiger partial charge on any atom is -0.310 e. The van der Waals surface area contributed by atoms with Crippen LogP contribution in [0.25, 0.3) is 88.4 Å². The molecule has 4 nitrogen and oxygen atoms in total. The largest absolute Gasteiger partial charge is 0.310 e. The van der Waals surface area contributed by atoms with Gasteiger partial charge < -0.3 is 18.9 Å². The molecule has 8 heteroatoms. The quantitative estimate of drug-likeness (QED) is 0.120. The van der Waals surface area contributed by atoms with E-state index in [9.17, 15) is 17.6 Å². The standard InChI is InChI=1S/C72H46F4N4/c73-53-21-9-47(10-22-53)49-13-29-57(30-14-49)77(63-41-43-71-67(45-63)65-5-1-3-7-69(65)79(71)61-37-25-55(75)26-38-61)59-33-17-51(18-34-59)52-19-35-60(36-20-52)78(58-31-15-50(16-32-58)48-11-23-54(74)24-12-48)64-42-44-72-68(46-64)66-6-2-4-8-70(66)80(72)62-39-27-56(76)28-40-62/h1-46H. The molecule has 2 heterocycles. The molecule has 0 N–H and O–H groups in total. The first kappa shape index (κ1) is 48.0. The molecule has 0 aliphatic heterocycles. The van der Waals surface area contributed by atoms with Crippen molar-refractivity contribution in [2.75, 3.05) is 9.80 Å². The lowest BCUT2D eigenvalue weighted by Crippen LogP contribution is -2.10. The summed E-state index contributed by atoms with van der Waals surface area (Å²) in [5, 5.41) is 4.27. The van der Waals surface area contributed by atoms with Crippen molar-refractivity contribution in [3.05, 3.63) is 302 Å². The molecule has 0 fully saturated rings. The second-order valence-corrected chi connectivity index (χ2v) is 19.9. The molecule has 14 aromatic rings. The fourth-order valence-corrected chi connectivity index (χ4v) is 11.3. The van der Waals surface area contributed by atoms with Crippen LogP contribution in [0.1, 0.15) is 0 Å². The van der Waals surface area contributed by atoms with E-state index < -0.39 is 0 Å². The van der Waals surface area contributed by atoms with Crippen LogP contribution in [0.2, 0.25) is 0 Å². The zero-order valence-corrected chi connectivity index (χ0v) is 42.9. The van der Waals surface area contributed by atoms with Crippen LogP contribution in [-0.2, 0) is 0 Å². The molecule has 2 aromatic heterocycles. The van der Waals surface area contributed by atoms with Gasteiger partial charge in [-0.25, -0.2) is 17.6 Å². The van der Waals surface area contributed by atoms with E-state index in [2.05, 4.69) is 177 Å². The molecular weight excluding hydrogens is 997 g/mol. The van der Waals surface area contributed by atoms with Gasteiger partial charge in [-0.1, -0.05) is 109 Å². The predicted octanol–water partition coefficient (Wildman–Crippen LogP) is 20.4. The lowest BCUT2D eigenvalue weighted by molar-refractivity contribution is 0.627. The van der Waals surface area contributed by atoms with Crippen molar-refractivity contribution in [3.63, 3.8) is 0 Å². The molecule has 0 radical (unpaired) electrons. The van der Waals surface area contributed by atoms with Gasteiger partial charge in [0.25, 0.3) is 0 Å². The van der Waals surface area contributed by atoms with Gasteiger partial charge in [-0.2, -0.15) is 0 Å². The van der Waals surface area contributed by atoms with Crippen molar-refractivity contribution in [3.8, 4) is 44.8 Å². The normalized spacial score (nSPS) is 11.5. The second-order valence-electron chi connectivity index (χ2n) is 19.9.